The summed E-state index contributed by atoms with van der Waals surface area (Å²) < 4.78 is 0. The van der Waals surface area contributed by atoms with Crippen LogP contribution in [0, 0.1) is 0 Å². The zero-order valence-electron chi connectivity index (χ0n) is 4.80. The van der Waals surface area contributed by atoms with Gasteiger partial charge in [0.25, 0.3) is 0 Å². The fourth-order valence-electron chi connectivity index (χ4n) is 0.977. The molecule has 1 rings (SSSR count). The van der Waals surface area contributed by atoms with E-state index in [-0.39, 0.29) is 6.10 Å². The summed E-state index contributed by atoms with van der Waals surface area (Å²) in [7, 11) is 0. The fourth-order valence-corrected chi connectivity index (χ4v) is 0.977. The average Bonchev–Trinajstić information content (AvgIpc) is 2.14. The Morgan fingerprint density at radius 3 is 2.75 bits per heavy atom. The maximum Gasteiger partial charge on any atom is 0.0680 e. The molecule has 4 N–H and O–H groups in total. The molecule has 0 aromatic heterocycles. The topological polar surface area (TPSA) is 58.3 Å². The van der Waals surface area contributed by atoms with Crippen molar-refractivity contribution in [1.82, 2.24) is 5.32 Å². The van der Waals surface area contributed by atoms with Gasteiger partial charge in [-0.05, 0) is 6.42 Å². The van der Waals surface area contributed by atoms with Crippen LogP contribution >= 0.6 is 0 Å². The lowest BCUT2D eigenvalue weighted by Gasteiger charge is -2.02. The number of nitrogens with one attached hydrogen (secondary N) is 1. The summed E-state index contributed by atoms with van der Waals surface area (Å²) in [6.07, 6.45) is 0.653. The van der Waals surface area contributed by atoms with Crippen molar-refractivity contribution in [2.75, 3.05) is 13.1 Å². The quantitative estimate of drug-likeness (QED) is 0.398. The van der Waals surface area contributed by atoms with Gasteiger partial charge in [-0.3, -0.25) is 0 Å². The number of hydrogen-bond donors (Lipinski definition) is 3. The molecule has 0 amide bonds. The van der Waals surface area contributed by atoms with E-state index in [1.54, 1.807) is 0 Å². The molecule has 0 bridgehead atoms. The molecule has 1 saturated heterocycles. The highest BCUT2D eigenvalue weighted by atomic mass is 16.3. The van der Waals surface area contributed by atoms with E-state index in [4.69, 9.17) is 10.8 Å². The lowest BCUT2D eigenvalue weighted by molar-refractivity contribution is 0.193. The van der Waals surface area contributed by atoms with Crippen LogP contribution in [-0.2, 0) is 0 Å². The van der Waals surface area contributed by atoms with Gasteiger partial charge in [0.2, 0.25) is 0 Å². The van der Waals surface area contributed by atoms with E-state index in [0.29, 0.717) is 19.1 Å². The largest absolute Gasteiger partial charge is 0.392 e. The standard InChI is InChI=1S/C5H12N2O/c6-2-4-1-5(8)3-7-4/h4-5,7-8H,1-3,6H2/t4-,5+/m1/s1. The number of aliphatic hydroxyl groups excluding tert-OH is 1. The SMILES string of the molecule is NC[C@H]1C[C@H](O)CN1. The maximum atomic E-state index is 8.91. The highest BCUT2D eigenvalue weighted by Crippen LogP contribution is 2.03. The Morgan fingerprint density at radius 1 is 1.75 bits per heavy atom. The van der Waals surface area contributed by atoms with Crippen molar-refractivity contribution in [2.24, 2.45) is 5.73 Å². The lowest BCUT2D eigenvalue weighted by atomic mass is 10.2. The summed E-state index contributed by atoms with van der Waals surface area (Å²) in [5, 5.41) is 12.0. The van der Waals surface area contributed by atoms with Gasteiger partial charge < -0.3 is 16.2 Å². The third-order valence-electron chi connectivity index (χ3n) is 1.48. The fraction of sp³-hybridized carbons (Fsp3) is 1.00. The van der Waals surface area contributed by atoms with Crippen molar-refractivity contribution in [3.8, 4) is 0 Å². The van der Waals surface area contributed by atoms with Gasteiger partial charge in [0.05, 0.1) is 6.10 Å². The summed E-state index contributed by atoms with van der Waals surface area (Å²) in [6, 6.07) is 0.352. The molecule has 0 spiro atoms. The Bertz CT molecular complexity index is 76.8. The zero-order chi connectivity index (χ0) is 5.98. The van der Waals surface area contributed by atoms with Gasteiger partial charge in [-0.2, -0.15) is 0 Å². The molecular weight excluding hydrogens is 104 g/mol. The second kappa shape index (κ2) is 2.44. The molecule has 0 saturated carbocycles. The Morgan fingerprint density at radius 2 is 2.50 bits per heavy atom. The highest BCUT2D eigenvalue weighted by molar-refractivity contribution is 4.80. The normalized spacial score (nSPS) is 38.2. The summed E-state index contributed by atoms with van der Waals surface area (Å²) >= 11 is 0. The Hall–Kier alpha value is -0.120. The third-order valence-corrected chi connectivity index (χ3v) is 1.48. The minimum Gasteiger partial charge on any atom is -0.392 e. The molecule has 0 aromatic rings. The molecule has 1 aliphatic rings. The molecule has 48 valence electrons. The van der Waals surface area contributed by atoms with E-state index in [2.05, 4.69) is 5.32 Å². The van der Waals surface area contributed by atoms with Crippen LogP contribution in [0.25, 0.3) is 0 Å². The smallest absolute Gasteiger partial charge is 0.0680 e. The van der Waals surface area contributed by atoms with Crippen LogP contribution in [0.1, 0.15) is 6.42 Å². The van der Waals surface area contributed by atoms with E-state index < -0.39 is 0 Å². The number of aliphatic hydroxyl groups is 1. The van der Waals surface area contributed by atoms with Crippen molar-refractivity contribution < 1.29 is 5.11 Å². The monoisotopic (exact) mass is 116 g/mol. The minimum absolute atomic E-state index is 0.163. The number of hydrogen-bond acceptors (Lipinski definition) is 3. The van der Waals surface area contributed by atoms with Crippen LogP contribution in [0.4, 0.5) is 0 Å². The zero-order valence-corrected chi connectivity index (χ0v) is 4.80. The molecule has 0 unspecified atom stereocenters. The Balaban J connectivity index is 2.22. The molecular formula is C5H12N2O. The average molecular weight is 116 g/mol. The molecule has 1 heterocycles. The molecule has 2 atom stereocenters. The lowest BCUT2D eigenvalue weighted by Crippen LogP contribution is -2.29. The third kappa shape index (κ3) is 1.18. The predicted octanol–water partition coefficient (Wildman–Crippen LogP) is -1.33. The van der Waals surface area contributed by atoms with Crippen molar-refractivity contribution >= 4 is 0 Å². The maximum absolute atomic E-state index is 8.91. The van der Waals surface area contributed by atoms with Gasteiger partial charge in [0, 0.05) is 19.1 Å². The van der Waals surface area contributed by atoms with E-state index in [1.165, 1.54) is 0 Å². The van der Waals surface area contributed by atoms with Crippen LogP contribution < -0.4 is 11.1 Å². The second-order valence-electron chi connectivity index (χ2n) is 2.23. The molecule has 1 aliphatic heterocycles. The van der Waals surface area contributed by atoms with Gasteiger partial charge in [-0.15, -0.1) is 0 Å². The van der Waals surface area contributed by atoms with Gasteiger partial charge in [0.1, 0.15) is 0 Å². The van der Waals surface area contributed by atoms with Crippen LogP contribution in [0.2, 0.25) is 0 Å². The Kier molecular flexibility index (Phi) is 1.83. The number of rotatable bonds is 1. The second-order valence-corrected chi connectivity index (χ2v) is 2.23. The van der Waals surface area contributed by atoms with E-state index in [1.807, 2.05) is 0 Å². The summed E-state index contributed by atoms with van der Waals surface area (Å²) in [5.41, 5.74) is 5.32. The summed E-state index contributed by atoms with van der Waals surface area (Å²) in [5.74, 6) is 0. The molecule has 8 heavy (non-hydrogen) atoms. The van der Waals surface area contributed by atoms with Crippen molar-refractivity contribution in [3.05, 3.63) is 0 Å². The molecule has 3 nitrogen and oxygen atoms in total. The first-order valence-electron chi connectivity index (χ1n) is 2.94. The van der Waals surface area contributed by atoms with Crippen molar-refractivity contribution in [1.29, 1.82) is 0 Å². The number of β-amino-alcohol motifs (C(OH)–C–C–N with tert-alkyl or cyclic N) is 1. The van der Waals surface area contributed by atoms with Crippen molar-refractivity contribution in [3.63, 3.8) is 0 Å². The summed E-state index contributed by atoms with van der Waals surface area (Å²) in [6.45, 7) is 1.35. The summed E-state index contributed by atoms with van der Waals surface area (Å²) in [4.78, 5) is 0. The predicted molar refractivity (Wildman–Crippen MR) is 31.5 cm³/mol. The van der Waals surface area contributed by atoms with Gasteiger partial charge in [0.15, 0.2) is 0 Å². The van der Waals surface area contributed by atoms with Crippen LogP contribution in [0.3, 0.4) is 0 Å². The molecule has 0 aromatic carbocycles. The van der Waals surface area contributed by atoms with Crippen LogP contribution in [-0.4, -0.2) is 30.3 Å². The molecule has 0 aliphatic carbocycles. The van der Waals surface area contributed by atoms with Gasteiger partial charge in [-0.1, -0.05) is 0 Å². The van der Waals surface area contributed by atoms with Gasteiger partial charge in [-0.25, -0.2) is 0 Å². The number of nitrogens with two attached hydrogens (primary N) is 1. The first kappa shape index (κ1) is 6.01. The van der Waals surface area contributed by atoms with E-state index >= 15 is 0 Å². The van der Waals surface area contributed by atoms with Crippen LogP contribution in [0.5, 0.6) is 0 Å². The van der Waals surface area contributed by atoms with Crippen LogP contribution in [0.15, 0.2) is 0 Å². The van der Waals surface area contributed by atoms with E-state index in [9.17, 15) is 0 Å². The Labute approximate surface area is 48.9 Å². The highest BCUT2D eigenvalue weighted by Gasteiger charge is 2.19. The van der Waals surface area contributed by atoms with Crippen molar-refractivity contribution in [2.45, 2.75) is 18.6 Å². The minimum atomic E-state index is -0.163. The van der Waals surface area contributed by atoms with Gasteiger partial charge >= 0.3 is 0 Å². The van der Waals surface area contributed by atoms with E-state index in [0.717, 1.165) is 6.42 Å². The molecule has 3 heteroatoms. The molecule has 0 radical (unpaired) electrons. The first-order valence-corrected chi connectivity index (χ1v) is 2.94. The molecule has 1 fully saturated rings. The first-order chi connectivity index (χ1) is 3.83.